The summed E-state index contributed by atoms with van der Waals surface area (Å²) in [4.78, 5) is 23.6. The average molecular weight is 256 g/mol. The number of hydrogen-bond acceptors (Lipinski definition) is 4. The number of ether oxygens (including phenoxy) is 2. The molecule has 104 valence electrons. The maximum atomic E-state index is 12.0. The minimum atomic E-state index is -0.303. The van der Waals surface area contributed by atoms with Gasteiger partial charge in [0.15, 0.2) is 0 Å². The molecule has 4 nitrogen and oxygen atoms in total. The van der Waals surface area contributed by atoms with E-state index in [0.29, 0.717) is 6.61 Å². The van der Waals surface area contributed by atoms with Gasteiger partial charge in [0.1, 0.15) is 0 Å². The molecule has 1 saturated carbocycles. The number of methoxy groups -OCH3 is 1. The Labute approximate surface area is 109 Å². The predicted octanol–water partition coefficient (Wildman–Crippen LogP) is 2.70. The fraction of sp³-hybridized carbons (Fsp3) is 0.857. The smallest absolute Gasteiger partial charge is 0.309 e. The van der Waals surface area contributed by atoms with Gasteiger partial charge in [-0.3, -0.25) is 9.59 Å². The zero-order chi connectivity index (χ0) is 13.4. The first-order valence-corrected chi connectivity index (χ1v) is 6.95. The average Bonchev–Trinajstić information content (AvgIpc) is 2.42. The highest BCUT2D eigenvalue weighted by molar-refractivity contribution is 5.82. The van der Waals surface area contributed by atoms with Crippen LogP contribution in [-0.4, -0.2) is 25.7 Å². The molecule has 0 heterocycles. The third kappa shape index (κ3) is 4.31. The van der Waals surface area contributed by atoms with Gasteiger partial charge in [-0.25, -0.2) is 0 Å². The molecule has 0 amide bonds. The number of hydrogen-bond donors (Lipinski definition) is 0. The van der Waals surface area contributed by atoms with Crippen molar-refractivity contribution in [3.8, 4) is 0 Å². The SMILES string of the molecule is CCCCCOC(=O)C1CCCCC1C(=O)OC. The van der Waals surface area contributed by atoms with E-state index in [1.807, 2.05) is 0 Å². The molecule has 1 rings (SSSR count). The summed E-state index contributed by atoms with van der Waals surface area (Å²) in [6.45, 7) is 2.58. The Bertz CT molecular complexity index is 275. The number of carbonyl (C=O) groups is 2. The number of carbonyl (C=O) groups excluding carboxylic acids is 2. The summed E-state index contributed by atoms with van der Waals surface area (Å²) in [5.41, 5.74) is 0. The second-order valence-electron chi connectivity index (χ2n) is 4.90. The molecule has 1 aliphatic carbocycles. The first kappa shape index (κ1) is 15.0. The van der Waals surface area contributed by atoms with Gasteiger partial charge in [-0.15, -0.1) is 0 Å². The summed E-state index contributed by atoms with van der Waals surface area (Å²) >= 11 is 0. The molecular formula is C14H24O4. The summed E-state index contributed by atoms with van der Waals surface area (Å²) in [7, 11) is 1.38. The number of rotatable bonds is 6. The van der Waals surface area contributed by atoms with E-state index in [2.05, 4.69) is 6.92 Å². The first-order valence-electron chi connectivity index (χ1n) is 6.95. The van der Waals surface area contributed by atoms with Crippen LogP contribution in [-0.2, 0) is 19.1 Å². The lowest BCUT2D eigenvalue weighted by molar-refractivity contribution is -0.161. The molecule has 18 heavy (non-hydrogen) atoms. The molecule has 0 aromatic carbocycles. The molecule has 0 N–H and O–H groups in total. The fourth-order valence-electron chi connectivity index (χ4n) is 2.48. The van der Waals surface area contributed by atoms with Crippen molar-refractivity contribution in [1.29, 1.82) is 0 Å². The van der Waals surface area contributed by atoms with Gasteiger partial charge in [0.05, 0.1) is 25.6 Å². The molecule has 0 aromatic heterocycles. The van der Waals surface area contributed by atoms with E-state index in [4.69, 9.17) is 9.47 Å². The minimum Gasteiger partial charge on any atom is -0.469 e. The summed E-state index contributed by atoms with van der Waals surface area (Å²) < 4.78 is 10.0. The van der Waals surface area contributed by atoms with E-state index in [1.165, 1.54) is 7.11 Å². The van der Waals surface area contributed by atoms with Crippen LogP contribution in [0.15, 0.2) is 0 Å². The number of unbranched alkanes of at least 4 members (excludes halogenated alkanes) is 2. The van der Waals surface area contributed by atoms with Crippen molar-refractivity contribution in [2.24, 2.45) is 11.8 Å². The second-order valence-corrected chi connectivity index (χ2v) is 4.90. The highest BCUT2D eigenvalue weighted by atomic mass is 16.5. The highest BCUT2D eigenvalue weighted by Gasteiger charge is 2.37. The van der Waals surface area contributed by atoms with Crippen LogP contribution in [0.2, 0.25) is 0 Å². The fourth-order valence-corrected chi connectivity index (χ4v) is 2.48. The predicted molar refractivity (Wildman–Crippen MR) is 67.9 cm³/mol. The Morgan fingerprint density at radius 2 is 1.67 bits per heavy atom. The van der Waals surface area contributed by atoms with Gasteiger partial charge in [-0.05, 0) is 19.3 Å². The van der Waals surface area contributed by atoms with Crippen LogP contribution in [0.5, 0.6) is 0 Å². The van der Waals surface area contributed by atoms with Crippen LogP contribution in [0.25, 0.3) is 0 Å². The van der Waals surface area contributed by atoms with Crippen LogP contribution in [0.4, 0.5) is 0 Å². The molecule has 4 heteroatoms. The summed E-state index contributed by atoms with van der Waals surface area (Å²) in [5.74, 6) is -1.10. The van der Waals surface area contributed by atoms with E-state index in [1.54, 1.807) is 0 Å². The Balaban J connectivity index is 2.44. The van der Waals surface area contributed by atoms with Crippen LogP contribution >= 0.6 is 0 Å². The van der Waals surface area contributed by atoms with E-state index in [0.717, 1.165) is 44.9 Å². The van der Waals surface area contributed by atoms with Gasteiger partial charge in [-0.2, -0.15) is 0 Å². The van der Waals surface area contributed by atoms with Crippen molar-refractivity contribution < 1.29 is 19.1 Å². The van der Waals surface area contributed by atoms with E-state index >= 15 is 0 Å². The normalized spacial score (nSPS) is 23.4. The van der Waals surface area contributed by atoms with Gasteiger partial charge in [0, 0.05) is 0 Å². The Morgan fingerprint density at radius 3 is 2.22 bits per heavy atom. The lowest BCUT2D eigenvalue weighted by atomic mass is 9.79. The zero-order valence-electron chi connectivity index (χ0n) is 11.4. The van der Waals surface area contributed by atoms with E-state index in [9.17, 15) is 9.59 Å². The molecule has 0 radical (unpaired) electrons. The van der Waals surface area contributed by atoms with Crippen LogP contribution in [0.3, 0.4) is 0 Å². The first-order chi connectivity index (χ1) is 8.70. The Kier molecular flexibility index (Phi) is 6.76. The summed E-state index contributed by atoms with van der Waals surface area (Å²) in [6.07, 6.45) is 6.53. The molecule has 2 atom stereocenters. The van der Waals surface area contributed by atoms with Crippen molar-refractivity contribution in [2.45, 2.75) is 51.9 Å². The molecule has 0 spiro atoms. The van der Waals surface area contributed by atoms with Gasteiger partial charge < -0.3 is 9.47 Å². The minimum absolute atomic E-state index is 0.221. The Morgan fingerprint density at radius 1 is 1.06 bits per heavy atom. The van der Waals surface area contributed by atoms with Gasteiger partial charge >= 0.3 is 11.9 Å². The maximum absolute atomic E-state index is 12.0. The van der Waals surface area contributed by atoms with Crippen molar-refractivity contribution in [1.82, 2.24) is 0 Å². The summed E-state index contributed by atoms with van der Waals surface area (Å²) in [6, 6.07) is 0. The highest BCUT2D eigenvalue weighted by Crippen LogP contribution is 2.31. The lowest BCUT2D eigenvalue weighted by Gasteiger charge is -2.27. The zero-order valence-corrected chi connectivity index (χ0v) is 11.4. The molecule has 0 saturated heterocycles. The van der Waals surface area contributed by atoms with Crippen molar-refractivity contribution in [3.63, 3.8) is 0 Å². The largest absolute Gasteiger partial charge is 0.469 e. The molecule has 2 unspecified atom stereocenters. The van der Waals surface area contributed by atoms with Gasteiger partial charge in [0.2, 0.25) is 0 Å². The van der Waals surface area contributed by atoms with E-state index in [-0.39, 0.29) is 23.8 Å². The van der Waals surface area contributed by atoms with Crippen LogP contribution in [0.1, 0.15) is 51.9 Å². The van der Waals surface area contributed by atoms with Crippen molar-refractivity contribution in [3.05, 3.63) is 0 Å². The molecule has 0 aromatic rings. The molecule has 0 bridgehead atoms. The monoisotopic (exact) mass is 256 g/mol. The van der Waals surface area contributed by atoms with E-state index < -0.39 is 0 Å². The van der Waals surface area contributed by atoms with Gasteiger partial charge in [0.25, 0.3) is 0 Å². The van der Waals surface area contributed by atoms with Crippen molar-refractivity contribution in [2.75, 3.05) is 13.7 Å². The molecular weight excluding hydrogens is 232 g/mol. The maximum Gasteiger partial charge on any atom is 0.309 e. The number of esters is 2. The lowest BCUT2D eigenvalue weighted by Crippen LogP contribution is -2.34. The quantitative estimate of drug-likeness (QED) is 0.541. The van der Waals surface area contributed by atoms with Crippen molar-refractivity contribution >= 4 is 11.9 Å². The third-order valence-corrected chi connectivity index (χ3v) is 3.56. The second kappa shape index (κ2) is 8.11. The van der Waals surface area contributed by atoms with Gasteiger partial charge in [-0.1, -0.05) is 32.6 Å². The summed E-state index contributed by atoms with van der Waals surface area (Å²) in [5, 5.41) is 0. The topological polar surface area (TPSA) is 52.6 Å². The van der Waals surface area contributed by atoms with Crippen LogP contribution < -0.4 is 0 Å². The standard InChI is InChI=1S/C14H24O4/c1-3-4-7-10-18-14(16)12-9-6-5-8-11(12)13(15)17-2/h11-12H,3-10H2,1-2H3. The Hall–Kier alpha value is -1.06. The third-order valence-electron chi connectivity index (χ3n) is 3.56. The van der Waals surface area contributed by atoms with Crippen LogP contribution in [0, 0.1) is 11.8 Å². The molecule has 1 aliphatic rings. The molecule has 1 fully saturated rings. The molecule has 0 aliphatic heterocycles.